The van der Waals surface area contributed by atoms with Crippen LogP contribution in [0.2, 0.25) is 0 Å². The molecule has 1 heterocycles. The van der Waals surface area contributed by atoms with E-state index in [2.05, 4.69) is 9.82 Å². The van der Waals surface area contributed by atoms with Gasteiger partial charge in [0.05, 0.1) is 23.8 Å². The van der Waals surface area contributed by atoms with Crippen LogP contribution >= 0.6 is 0 Å². The molecule has 1 atom stereocenters. The average molecular weight is 426 g/mol. The van der Waals surface area contributed by atoms with Gasteiger partial charge in [0.15, 0.2) is 0 Å². The number of nitrogens with zero attached hydrogens (tertiary/aromatic N) is 2. The molecule has 10 heteroatoms. The topological polar surface area (TPSA) is 95.9 Å². The number of hydrogen-bond acceptors (Lipinski definition) is 5. The molecule has 0 bridgehead atoms. The molecule has 1 N–H and O–H groups in total. The van der Waals surface area contributed by atoms with Crippen molar-refractivity contribution < 1.29 is 21.2 Å². The Labute approximate surface area is 164 Å². The lowest BCUT2D eigenvalue weighted by atomic mass is 9.99. The standard InChI is InChI=1S/C18H20FN3O4S2/c1-3-28(25,26)21-14-10-8-13(9-11-14)17-12-18(22(20-17)27(2,23)24)15-6-4-5-7-16(15)19/h4-11,18,21H,3,12H2,1-2H3. The van der Waals surface area contributed by atoms with Crippen molar-refractivity contribution in [1.29, 1.82) is 0 Å². The third kappa shape index (κ3) is 4.33. The minimum atomic E-state index is -3.71. The number of sulfonamides is 2. The summed E-state index contributed by atoms with van der Waals surface area (Å²) in [6.07, 6.45) is 1.23. The Morgan fingerprint density at radius 1 is 1.11 bits per heavy atom. The lowest BCUT2D eigenvalue weighted by molar-refractivity contribution is 0.365. The second kappa shape index (κ2) is 7.51. The Bertz CT molecular complexity index is 1110. The third-order valence-corrected chi connectivity index (χ3v) is 6.67. The molecule has 7 nitrogen and oxygen atoms in total. The number of anilines is 1. The van der Waals surface area contributed by atoms with Crippen molar-refractivity contribution in [3.8, 4) is 0 Å². The van der Waals surface area contributed by atoms with Gasteiger partial charge in [-0.25, -0.2) is 21.2 Å². The molecule has 0 aromatic heterocycles. The quantitative estimate of drug-likeness (QED) is 0.770. The maximum Gasteiger partial charge on any atom is 0.247 e. The van der Waals surface area contributed by atoms with E-state index in [1.165, 1.54) is 19.1 Å². The van der Waals surface area contributed by atoms with E-state index in [1.807, 2.05) is 0 Å². The van der Waals surface area contributed by atoms with E-state index in [1.54, 1.807) is 36.4 Å². The van der Waals surface area contributed by atoms with Crippen LogP contribution in [0.3, 0.4) is 0 Å². The molecule has 0 radical (unpaired) electrons. The Hall–Kier alpha value is -2.46. The first-order chi connectivity index (χ1) is 13.1. The summed E-state index contributed by atoms with van der Waals surface area (Å²) >= 11 is 0. The van der Waals surface area contributed by atoms with E-state index >= 15 is 0 Å². The van der Waals surface area contributed by atoms with Crippen LogP contribution in [-0.2, 0) is 20.0 Å². The number of hydrogen-bond donors (Lipinski definition) is 1. The molecule has 0 aliphatic carbocycles. The van der Waals surface area contributed by atoms with Crippen molar-refractivity contribution in [2.24, 2.45) is 5.10 Å². The molecule has 3 rings (SSSR count). The van der Waals surface area contributed by atoms with Gasteiger partial charge in [-0.2, -0.15) is 9.52 Å². The molecule has 28 heavy (non-hydrogen) atoms. The van der Waals surface area contributed by atoms with Gasteiger partial charge < -0.3 is 0 Å². The summed E-state index contributed by atoms with van der Waals surface area (Å²) in [5, 5.41) is 4.21. The molecule has 0 saturated heterocycles. The predicted molar refractivity (Wildman–Crippen MR) is 107 cm³/mol. The number of rotatable bonds is 6. The number of nitrogens with one attached hydrogen (secondary N) is 1. The lowest BCUT2D eigenvalue weighted by Gasteiger charge is -2.21. The predicted octanol–water partition coefficient (Wildman–Crippen LogP) is 2.70. The molecule has 0 fully saturated rings. The second-order valence-electron chi connectivity index (χ2n) is 6.41. The minimum absolute atomic E-state index is 0.0465. The van der Waals surface area contributed by atoms with Crippen molar-refractivity contribution in [2.75, 3.05) is 16.7 Å². The fourth-order valence-corrected chi connectivity index (χ4v) is 4.47. The van der Waals surface area contributed by atoms with Gasteiger partial charge in [0.1, 0.15) is 5.82 Å². The monoisotopic (exact) mass is 425 g/mol. The summed E-state index contributed by atoms with van der Waals surface area (Å²) in [5.74, 6) is -0.545. The highest BCUT2D eigenvalue weighted by Gasteiger charge is 2.35. The molecule has 1 aliphatic heterocycles. The summed E-state index contributed by atoms with van der Waals surface area (Å²) in [6.45, 7) is 1.53. The molecule has 2 aromatic rings. The molecule has 1 aliphatic rings. The highest BCUT2D eigenvalue weighted by atomic mass is 32.2. The van der Waals surface area contributed by atoms with Crippen molar-refractivity contribution in [3.63, 3.8) is 0 Å². The Balaban J connectivity index is 1.92. The largest absolute Gasteiger partial charge is 0.284 e. The fraction of sp³-hybridized carbons (Fsp3) is 0.278. The van der Waals surface area contributed by atoms with Crippen molar-refractivity contribution in [2.45, 2.75) is 19.4 Å². The van der Waals surface area contributed by atoms with Gasteiger partial charge in [0.2, 0.25) is 20.0 Å². The van der Waals surface area contributed by atoms with Crippen LogP contribution < -0.4 is 4.72 Å². The molecule has 2 aromatic carbocycles. The zero-order valence-electron chi connectivity index (χ0n) is 15.3. The van der Waals surface area contributed by atoms with Gasteiger partial charge in [-0.05, 0) is 30.7 Å². The highest BCUT2D eigenvalue weighted by molar-refractivity contribution is 7.92. The zero-order valence-corrected chi connectivity index (χ0v) is 17.0. The molecule has 1 unspecified atom stereocenters. The first-order valence-electron chi connectivity index (χ1n) is 8.53. The van der Waals surface area contributed by atoms with Crippen molar-refractivity contribution in [3.05, 3.63) is 65.5 Å². The molecule has 0 spiro atoms. The maximum absolute atomic E-state index is 14.2. The van der Waals surface area contributed by atoms with E-state index in [4.69, 9.17) is 0 Å². The SMILES string of the molecule is CCS(=O)(=O)Nc1ccc(C2=NN(S(C)(=O)=O)C(c3ccccc3F)C2)cc1. The summed E-state index contributed by atoms with van der Waals surface area (Å²) in [4.78, 5) is 0. The molecule has 150 valence electrons. The normalized spacial score (nSPS) is 17.5. The van der Waals surface area contributed by atoms with Crippen LogP contribution in [0.5, 0.6) is 0 Å². The second-order valence-corrected chi connectivity index (χ2v) is 10.3. The van der Waals surface area contributed by atoms with Gasteiger partial charge in [-0.15, -0.1) is 0 Å². The van der Waals surface area contributed by atoms with Crippen LogP contribution in [-0.4, -0.2) is 39.0 Å². The number of benzene rings is 2. The first kappa shape index (κ1) is 20.3. The highest BCUT2D eigenvalue weighted by Crippen LogP contribution is 2.35. The summed E-state index contributed by atoms with van der Waals surface area (Å²) in [5.41, 5.74) is 1.75. The van der Waals surface area contributed by atoms with Crippen LogP contribution in [0, 0.1) is 5.82 Å². The van der Waals surface area contributed by atoms with Crippen LogP contribution in [0.25, 0.3) is 0 Å². The summed E-state index contributed by atoms with van der Waals surface area (Å²) in [6, 6.07) is 11.7. The minimum Gasteiger partial charge on any atom is -0.284 e. The van der Waals surface area contributed by atoms with Gasteiger partial charge in [0.25, 0.3) is 0 Å². The van der Waals surface area contributed by atoms with E-state index in [-0.39, 0.29) is 17.7 Å². The molecular formula is C18H20FN3O4S2. The molecular weight excluding hydrogens is 405 g/mol. The average Bonchev–Trinajstić information content (AvgIpc) is 3.08. The Morgan fingerprint density at radius 3 is 2.32 bits per heavy atom. The fourth-order valence-electron chi connectivity index (χ4n) is 2.93. The maximum atomic E-state index is 14.2. The number of hydrazone groups is 1. The summed E-state index contributed by atoms with van der Waals surface area (Å²) in [7, 11) is -7.10. The van der Waals surface area contributed by atoms with Gasteiger partial charge in [-0.1, -0.05) is 30.3 Å². The van der Waals surface area contributed by atoms with Gasteiger partial charge >= 0.3 is 0 Å². The third-order valence-electron chi connectivity index (χ3n) is 4.35. The van der Waals surface area contributed by atoms with Crippen LogP contribution in [0.4, 0.5) is 10.1 Å². The Morgan fingerprint density at radius 2 is 1.75 bits per heavy atom. The van der Waals surface area contributed by atoms with Gasteiger partial charge in [0, 0.05) is 17.7 Å². The smallest absolute Gasteiger partial charge is 0.247 e. The molecule has 0 saturated carbocycles. The van der Waals surface area contributed by atoms with Crippen LogP contribution in [0.1, 0.15) is 30.5 Å². The van der Waals surface area contributed by atoms with Crippen molar-refractivity contribution in [1.82, 2.24) is 4.41 Å². The number of halogens is 1. The van der Waals surface area contributed by atoms with E-state index in [0.717, 1.165) is 10.7 Å². The first-order valence-corrected chi connectivity index (χ1v) is 12.0. The van der Waals surface area contributed by atoms with Crippen molar-refractivity contribution >= 4 is 31.4 Å². The van der Waals surface area contributed by atoms with E-state index in [0.29, 0.717) is 17.0 Å². The van der Waals surface area contributed by atoms with E-state index in [9.17, 15) is 21.2 Å². The lowest BCUT2D eigenvalue weighted by Crippen LogP contribution is -2.26. The van der Waals surface area contributed by atoms with E-state index < -0.39 is 31.9 Å². The Kier molecular flexibility index (Phi) is 5.44. The van der Waals surface area contributed by atoms with Crippen LogP contribution in [0.15, 0.2) is 53.6 Å². The molecule has 0 amide bonds. The zero-order chi connectivity index (χ0) is 20.5. The summed E-state index contributed by atoms with van der Waals surface area (Å²) < 4.78 is 65.2. The van der Waals surface area contributed by atoms with Gasteiger partial charge in [-0.3, -0.25) is 4.72 Å².